The Labute approximate surface area is 206 Å². The Morgan fingerprint density at radius 3 is 2.69 bits per heavy atom. The van der Waals surface area contributed by atoms with Gasteiger partial charge in [0.2, 0.25) is 0 Å². The molecule has 0 bridgehead atoms. The number of thiazole rings is 1. The summed E-state index contributed by atoms with van der Waals surface area (Å²) in [6, 6.07) is 10.2. The average Bonchev–Trinajstić information content (AvgIpc) is 3.59. The number of ether oxygens (including phenoxy) is 1. The van der Waals surface area contributed by atoms with Crippen LogP contribution in [0.15, 0.2) is 55.1 Å². The Morgan fingerprint density at radius 2 is 1.89 bits per heavy atom. The van der Waals surface area contributed by atoms with Gasteiger partial charge < -0.3 is 14.5 Å². The first-order valence-electron chi connectivity index (χ1n) is 11.5. The van der Waals surface area contributed by atoms with E-state index in [-0.39, 0.29) is 12.7 Å². The Kier molecular flexibility index (Phi) is 5.37. The Morgan fingerprint density at radius 1 is 1.03 bits per heavy atom. The van der Waals surface area contributed by atoms with Gasteiger partial charge in [-0.25, -0.2) is 14.3 Å². The molecule has 6 rings (SSSR count). The smallest absolute Gasteiger partial charge is 0.410 e. The highest BCUT2D eigenvalue weighted by atomic mass is 32.1. The van der Waals surface area contributed by atoms with Gasteiger partial charge in [0.1, 0.15) is 6.61 Å². The van der Waals surface area contributed by atoms with Crippen molar-refractivity contribution in [3.8, 4) is 11.1 Å². The van der Waals surface area contributed by atoms with E-state index in [2.05, 4.69) is 32.2 Å². The number of fused-ring (bicyclic) bond motifs is 2. The quantitative estimate of drug-likeness (QED) is 0.380. The third-order valence-corrected chi connectivity index (χ3v) is 7.29. The topological polar surface area (TPSA) is 80.8 Å². The molecule has 0 radical (unpaired) electrons. The van der Waals surface area contributed by atoms with Crippen LogP contribution in [0.5, 0.6) is 0 Å². The van der Waals surface area contributed by atoms with Crippen LogP contribution in [-0.4, -0.2) is 61.6 Å². The minimum atomic E-state index is -0.278. The lowest BCUT2D eigenvalue weighted by molar-refractivity contribution is 0.0942. The summed E-state index contributed by atoms with van der Waals surface area (Å²) in [4.78, 5) is 21.2. The average molecular weight is 488 g/mol. The molecule has 4 aromatic heterocycles. The van der Waals surface area contributed by atoms with Crippen LogP contribution in [0.2, 0.25) is 0 Å². The highest BCUT2D eigenvalue weighted by Gasteiger charge is 2.24. The Hall–Kier alpha value is -3.92. The normalized spacial score (nSPS) is 14.2. The SMILES string of the molecule is Cc1nc2cc(COC(=O)N3CCN(c4cnn5cc(-c6cnn(C)c6)ccc45)CC3)ccc2s1. The van der Waals surface area contributed by atoms with Crippen molar-refractivity contribution in [1.29, 1.82) is 0 Å². The molecule has 0 spiro atoms. The first kappa shape index (κ1) is 21.6. The molecule has 10 heteroatoms. The maximum absolute atomic E-state index is 12.7. The van der Waals surface area contributed by atoms with Crippen molar-refractivity contribution in [1.82, 2.24) is 29.3 Å². The number of rotatable bonds is 4. The fourth-order valence-electron chi connectivity index (χ4n) is 4.50. The monoisotopic (exact) mass is 487 g/mol. The van der Waals surface area contributed by atoms with Gasteiger partial charge in [0, 0.05) is 56.7 Å². The number of amides is 1. The van der Waals surface area contributed by atoms with Crippen molar-refractivity contribution in [3.63, 3.8) is 0 Å². The number of benzene rings is 1. The summed E-state index contributed by atoms with van der Waals surface area (Å²) < 4.78 is 10.4. The molecule has 0 unspecified atom stereocenters. The van der Waals surface area contributed by atoms with Crippen molar-refractivity contribution < 1.29 is 9.53 Å². The molecule has 0 atom stereocenters. The predicted molar refractivity (Wildman–Crippen MR) is 136 cm³/mol. The molecule has 178 valence electrons. The Balaban J connectivity index is 1.08. The summed E-state index contributed by atoms with van der Waals surface area (Å²) in [7, 11) is 1.91. The lowest BCUT2D eigenvalue weighted by Crippen LogP contribution is -2.48. The molecule has 1 saturated heterocycles. The first-order chi connectivity index (χ1) is 17.0. The van der Waals surface area contributed by atoms with Gasteiger partial charge in [-0.05, 0) is 30.7 Å². The standard InChI is InChI=1S/C25H25N7O2S/c1-17-28-21-11-18(3-6-24(21)35-17)16-34-25(33)31-9-7-30(8-10-31)23-13-27-32-15-19(4-5-22(23)32)20-12-26-29(2)14-20/h3-6,11-15H,7-10,16H2,1-2H3. The van der Waals surface area contributed by atoms with Gasteiger partial charge >= 0.3 is 6.09 Å². The second-order valence-electron chi connectivity index (χ2n) is 8.74. The molecule has 9 nitrogen and oxygen atoms in total. The fourth-order valence-corrected chi connectivity index (χ4v) is 5.31. The van der Waals surface area contributed by atoms with Crippen molar-refractivity contribution in [2.24, 2.45) is 7.05 Å². The summed E-state index contributed by atoms with van der Waals surface area (Å²) in [6.45, 7) is 4.91. The molecule has 1 aliphatic heterocycles. The van der Waals surface area contributed by atoms with E-state index in [0.29, 0.717) is 13.1 Å². The van der Waals surface area contributed by atoms with Gasteiger partial charge in [-0.1, -0.05) is 12.1 Å². The van der Waals surface area contributed by atoms with Crippen LogP contribution in [0.3, 0.4) is 0 Å². The number of anilines is 1. The zero-order chi connectivity index (χ0) is 23.9. The number of carbonyl (C=O) groups is 1. The van der Waals surface area contributed by atoms with Gasteiger partial charge in [-0.15, -0.1) is 11.3 Å². The minimum absolute atomic E-state index is 0.249. The van der Waals surface area contributed by atoms with E-state index >= 15 is 0 Å². The second kappa shape index (κ2) is 8.70. The Bertz CT molecular complexity index is 1530. The molecule has 0 saturated carbocycles. The summed E-state index contributed by atoms with van der Waals surface area (Å²) in [5.41, 5.74) is 6.14. The number of carbonyl (C=O) groups excluding carboxylic acids is 1. The van der Waals surface area contributed by atoms with Crippen LogP contribution in [0.4, 0.5) is 10.5 Å². The molecule has 1 aromatic carbocycles. The molecule has 5 aromatic rings. The summed E-state index contributed by atoms with van der Waals surface area (Å²) in [5.74, 6) is 0. The zero-order valence-corrected chi connectivity index (χ0v) is 20.4. The predicted octanol–water partition coefficient (Wildman–Crippen LogP) is 4.11. The van der Waals surface area contributed by atoms with Gasteiger partial charge in [0.15, 0.2) is 0 Å². The highest BCUT2D eigenvalue weighted by molar-refractivity contribution is 7.18. The minimum Gasteiger partial charge on any atom is -0.445 e. The van der Waals surface area contributed by atoms with Crippen molar-refractivity contribution in [2.45, 2.75) is 13.5 Å². The number of aromatic nitrogens is 5. The van der Waals surface area contributed by atoms with Crippen molar-refractivity contribution in [2.75, 3.05) is 31.1 Å². The molecule has 1 fully saturated rings. The van der Waals surface area contributed by atoms with Gasteiger partial charge in [-0.3, -0.25) is 4.68 Å². The number of hydrogen-bond acceptors (Lipinski definition) is 7. The zero-order valence-electron chi connectivity index (χ0n) is 19.6. The van der Waals surface area contributed by atoms with E-state index in [9.17, 15) is 4.79 Å². The summed E-state index contributed by atoms with van der Waals surface area (Å²) >= 11 is 1.67. The molecule has 5 heterocycles. The maximum atomic E-state index is 12.7. The van der Waals surface area contributed by atoms with E-state index in [1.807, 2.05) is 61.5 Å². The van der Waals surface area contributed by atoms with E-state index in [1.165, 1.54) is 0 Å². The van der Waals surface area contributed by atoms with Gasteiger partial charge in [0.25, 0.3) is 0 Å². The number of aryl methyl sites for hydroxylation is 2. The molecule has 1 amide bonds. The lowest BCUT2D eigenvalue weighted by Gasteiger charge is -2.34. The number of nitrogens with zero attached hydrogens (tertiary/aromatic N) is 7. The number of pyridine rings is 1. The fraction of sp³-hybridized carbons (Fsp3) is 0.280. The lowest BCUT2D eigenvalue weighted by atomic mass is 10.1. The van der Waals surface area contributed by atoms with Crippen LogP contribution in [-0.2, 0) is 18.4 Å². The molecule has 0 N–H and O–H groups in total. The largest absolute Gasteiger partial charge is 0.445 e. The van der Waals surface area contributed by atoms with Crippen LogP contribution < -0.4 is 4.90 Å². The van der Waals surface area contributed by atoms with E-state index in [4.69, 9.17) is 4.74 Å². The summed E-state index contributed by atoms with van der Waals surface area (Å²) in [6.07, 6.45) is 7.48. The van der Waals surface area contributed by atoms with Crippen molar-refractivity contribution in [3.05, 3.63) is 65.7 Å². The van der Waals surface area contributed by atoms with E-state index < -0.39 is 0 Å². The molecular weight excluding hydrogens is 462 g/mol. The van der Waals surface area contributed by atoms with Crippen LogP contribution in [0, 0.1) is 6.92 Å². The van der Waals surface area contributed by atoms with Crippen LogP contribution >= 0.6 is 11.3 Å². The molecule has 35 heavy (non-hydrogen) atoms. The number of piperazine rings is 1. The maximum Gasteiger partial charge on any atom is 0.410 e. The molecule has 0 aliphatic carbocycles. The van der Waals surface area contributed by atoms with Gasteiger partial charge in [-0.2, -0.15) is 10.2 Å². The molecule has 1 aliphatic rings. The van der Waals surface area contributed by atoms with Gasteiger partial charge in [0.05, 0.1) is 38.8 Å². The molecular formula is C25H25N7O2S. The second-order valence-corrected chi connectivity index (χ2v) is 9.98. The highest BCUT2D eigenvalue weighted by Crippen LogP contribution is 2.27. The van der Waals surface area contributed by atoms with Crippen LogP contribution in [0.25, 0.3) is 26.9 Å². The third kappa shape index (κ3) is 4.21. The first-order valence-corrected chi connectivity index (χ1v) is 12.3. The number of hydrogen-bond donors (Lipinski definition) is 0. The summed E-state index contributed by atoms with van der Waals surface area (Å²) in [5, 5.41) is 9.85. The van der Waals surface area contributed by atoms with Crippen LogP contribution in [0.1, 0.15) is 10.6 Å². The van der Waals surface area contributed by atoms with E-state index in [0.717, 1.165) is 56.2 Å². The third-order valence-electron chi connectivity index (χ3n) is 6.33. The van der Waals surface area contributed by atoms with E-state index in [1.54, 1.807) is 20.9 Å². The van der Waals surface area contributed by atoms with Crippen molar-refractivity contribution >= 4 is 38.9 Å².